The molecule has 19 heavy (non-hydrogen) atoms. The highest BCUT2D eigenvalue weighted by atomic mass is 16.4. The summed E-state index contributed by atoms with van der Waals surface area (Å²) in [4.78, 5) is 41.4. The summed E-state index contributed by atoms with van der Waals surface area (Å²) in [6.45, 7) is -0.506. The lowest BCUT2D eigenvalue weighted by atomic mass is 10.2. The lowest BCUT2D eigenvalue weighted by Crippen LogP contribution is -2.39. The average molecular weight is 267 g/mol. The number of hydrogen-bond acceptors (Lipinski definition) is 6. The molecule has 0 fully saturated rings. The van der Waals surface area contributed by atoms with Gasteiger partial charge in [-0.15, -0.1) is 0 Å². The number of carboxylic acids is 1. The Bertz CT molecular complexity index is 488. The highest BCUT2D eigenvalue weighted by molar-refractivity contribution is 5.88. The SMILES string of the molecule is NC(=O)CN(CC(N)=O)Cc1ncncc1C(=O)O. The van der Waals surface area contributed by atoms with Crippen LogP contribution in [0.3, 0.4) is 0 Å². The van der Waals surface area contributed by atoms with Gasteiger partial charge in [-0.3, -0.25) is 14.5 Å². The number of rotatable bonds is 7. The van der Waals surface area contributed by atoms with E-state index in [0.717, 1.165) is 6.20 Å². The largest absolute Gasteiger partial charge is 0.478 e. The van der Waals surface area contributed by atoms with Gasteiger partial charge in [-0.2, -0.15) is 0 Å². The Kier molecular flexibility index (Phi) is 4.89. The van der Waals surface area contributed by atoms with Crippen LogP contribution in [-0.4, -0.2) is 50.8 Å². The Balaban J connectivity index is 2.92. The van der Waals surface area contributed by atoms with Gasteiger partial charge >= 0.3 is 5.97 Å². The fourth-order valence-electron chi connectivity index (χ4n) is 1.48. The lowest BCUT2D eigenvalue weighted by Gasteiger charge is -2.18. The monoisotopic (exact) mass is 267 g/mol. The molecule has 1 heterocycles. The van der Waals surface area contributed by atoms with Crippen molar-refractivity contribution in [1.82, 2.24) is 14.9 Å². The van der Waals surface area contributed by atoms with Gasteiger partial charge in [0.15, 0.2) is 0 Å². The molecule has 0 radical (unpaired) electrons. The molecule has 9 nitrogen and oxygen atoms in total. The van der Waals surface area contributed by atoms with Crippen molar-refractivity contribution in [1.29, 1.82) is 0 Å². The number of hydrogen-bond donors (Lipinski definition) is 3. The van der Waals surface area contributed by atoms with Crippen molar-refractivity contribution in [2.24, 2.45) is 11.5 Å². The van der Waals surface area contributed by atoms with Gasteiger partial charge < -0.3 is 16.6 Å². The first kappa shape index (κ1) is 14.5. The van der Waals surface area contributed by atoms with Gasteiger partial charge in [-0.25, -0.2) is 14.8 Å². The highest BCUT2D eigenvalue weighted by Crippen LogP contribution is 2.07. The molecule has 1 rings (SSSR count). The fourth-order valence-corrected chi connectivity index (χ4v) is 1.48. The summed E-state index contributed by atoms with van der Waals surface area (Å²) in [6.07, 6.45) is 2.31. The molecule has 0 aromatic carbocycles. The number of amides is 2. The molecule has 0 bridgehead atoms. The molecule has 1 aromatic heterocycles. The standard InChI is InChI=1S/C10H13N5O4/c11-8(16)3-15(4-9(12)17)2-7-6(10(18)19)1-13-5-14-7/h1,5H,2-4H2,(H2,11,16)(H2,12,17)(H,18,19). The minimum absolute atomic E-state index is 0.0456. The van der Waals surface area contributed by atoms with Crippen LogP contribution in [0.15, 0.2) is 12.5 Å². The topological polar surface area (TPSA) is 152 Å². The molecular weight excluding hydrogens is 254 g/mol. The quantitative estimate of drug-likeness (QED) is 0.513. The van der Waals surface area contributed by atoms with Gasteiger partial charge in [0.2, 0.25) is 11.8 Å². The third-order valence-electron chi connectivity index (χ3n) is 2.16. The summed E-state index contributed by atoms with van der Waals surface area (Å²) < 4.78 is 0. The van der Waals surface area contributed by atoms with Crippen LogP contribution < -0.4 is 11.5 Å². The Morgan fingerprint density at radius 2 is 1.79 bits per heavy atom. The Morgan fingerprint density at radius 1 is 1.21 bits per heavy atom. The fraction of sp³-hybridized carbons (Fsp3) is 0.300. The second-order valence-electron chi connectivity index (χ2n) is 3.77. The maximum absolute atomic E-state index is 11.0. The first-order valence-corrected chi connectivity index (χ1v) is 5.21. The first-order valence-electron chi connectivity index (χ1n) is 5.21. The molecular formula is C10H13N5O4. The third-order valence-corrected chi connectivity index (χ3v) is 2.16. The van der Waals surface area contributed by atoms with Crippen molar-refractivity contribution < 1.29 is 19.5 Å². The van der Waals surface area contributed by atoms with E-state index in [1.807, 2.05) is 0 Å². The minimum Gasteiger partial charge on any atom is -0.478 e. The summed E-state index contributed by atoms with van der Waals surface area (Å²) in [5.74, 6) is -2.52. The van der Waals surface area contributed by atoms with E-state index in [0.29, 0.717) is 0 Å². The molecule has 0 unspecified atom stereocenters. The van der Waals surface area contributed by atoms with Gasteiger partial charge in [0.1, 0.15) is 11.9 Å². The van der Waals surface area contributed by atoms with Gasteiger partial charge in [0.05, 0.1) is 18.8 Å². The highest BCUT2D eigenvalue weighted by Gasteiger charge is 2.17. The zero-order valence-corrected chi connectivity index (χ0v) is 9.94. The average Bonchev–Trinajstić information content (AvgIpc) is 2.27. The van der Waals surface area contributed by atoms with E-state index < -0.39 is 17.8 Å². The minimum atomic E-state index is -1.20. The molecule has 0 aliphatic carbocycles. The number of carboxylic acid groups (broad SMARTS) is 1. The lowest BCUT2D eigenvalue weighted by molar-refractivity contribution is -0.122. The van der Waals surface area contributed by atoms with Crippen molar-refractivity contribution >= 4 is 17.8 Å². The molecule has 102 valence electrons. The zero-order chi connectivity index (χ0) is 14.4. The van der Waals surface area contributed by atoms with Crippen LogP contribution in [0.5, 0.6) is 0 Å². The van der Waals surface area contributed by atoms with E-state index in [-0.39, 0.29) is 30.9 Å². The Labute approximate surface area is 108 Å². The maximum atomic E-state index is 11.0. The molecule has 0 aliphatic rings. The van der Waals surface area contributed by atoms with Crippen LogP contribution in [0.4, 0.5) is 0 Å². The van der Waals surface area contributed by atoms with Crippen molar-refractivity contribution in [2.75, 3.05) is 13.1 Å². The number of aromatic nitrogens is 2. The molecule has 0 saturated heterocycles. The second-order valence-corrected chi connectivity index (χ2v) is 3.77. The van der Waals surface area contributed by atoms with Gasteiger partial charge in [-0.05, 0) is 0 Å². The summed E-state index contributed by atoms with van der Waals surface area (Å²) in [5, 5.41) is 8.96. The van der Waals surface area contributed by atoms with Crippen LogP contribution in [0.2, 0.25) is 0 Å². The van der Waals surface area contributed by atoms with Crippen molar-refractivity contribution in [3.63, 3.8) is 0 Å². The molecule has 1 aromatic rings. The summed E-state index contributed by atoms with van der Waals surface area (Å²) in [6, 6.07) is 0. The molecule has 0 saturated carbocycles. The van der Waals surface area contributed by atoms with Crippen LogP contribution in [0.25, 0.3) is 0 Å². The smallest absolute Gasteiger partial charge is 0.339 e. The number of nitrogens with two attached hydrogens (primary N) is 2. The van der Waals surface area contributed by atoms with E-state index in [9.17, 15) is 14.4 Å². The van der Waals surface area contributed by atoms with Crippen molar-refractivity contribution in [2.45, 2.75) is 6.54 Å². The third kappa shape index (κ3) is 4.68. The van der Waals surface area contributed by atoms with Crippen LogP contribution in [0.1, 0.15) is 16.1 Å². The van der Waals surface area contributed by atoms with Gasteiger partial charge in [0, 0.05) is 12.7 Å². The van der Waals surface area contributed by atoms with E-state index in [4.69, 9.17) is 16.6 Å². The van der Waals surface area contributed by atoms with E-state index in [1.54, 1.807) is 0 Å². The Hall–Kier alpha value is -2.55. The van der Waals surface area contributed by atoms with Gasteiger partial charge in [-0.1, -0.05) is 0 Å². The number of aromatic carboxylic acids is 1. The maximum Gasteiger partial charge on any atom is 0.339 e. The zero-order valence-electron chi connectivity index (χ0n) is 9.94. The van der Waals surface area contributed by atoms with Crippen molar-refractivity contribution in [3.8, 4) is 0 Å². The van der Waals surface area contributed by atoms with E-state index >= 15 is 0 Å². The molecule has 0 aliphatic heterocycles. The molecule has 0 atom stereocenters. The number of primary amides is 2. The van der Waals surface area contributed by atoms with Crippen LogP contribution in [0, 0.1) is 0 Å². The van der Waals surface area contributed by atoms with Crippen LogP contribution >= 0.6 is 0 Å². The summed E-state index contributed by atoms with van der Waals surface area (Å²) >= 11 is 0. The number of nitrogens with zero attached hydrogens (tertiary/aromatic N) is 3. The normalized spacial score (nSPS) is 10.4. The predicted molar refractivity (Wildman–Crippen MR) is 62.7 cm³/mol. The molecule has 5 N–H and O–H groups in total. The molecule has 2 amide bonds. The van der Waals surface area contributed by atoms with Gasteiger partial charge in [0.25, 0.3) is 0 Å². The second kappa shape index (κ2) is 6.40. The first-order chi connectivity index (χ1) is 8.90. The van der Waals surface area contributed by atoms with E-state index in [1.165, 1.54) is 11.2 Å². The van der Waals surface area contributed by atoms with E-state index in [2.05, 4.69) is 9.97 Å². The van der Waals surface area contributed by atoms with Crippen LogP contribution in [-0.2, 0) is 16.1 Å². The predicted octanol–water partition coefficient (Wildman–Crippen LogP) is -2.05. The molecule has 0 spiro atoms. The van der Waals surface area contributed by atoms with Crippen molar-refractivity contribution in [3.05, 3.63) is 23.8 Å². The Morgan fingerprint density at radius 3 is 2.26 bits per heavy atom. The number of carbonyl (C=O) groups is 3. The number of carbonyl (C=O) groups excluding carboxylic acids is 2. The summed E-state index contributed by atoms with van der Waals surface area (Å²) in [5.41, 5.74) is 10.1. The summed E-state index contributed by atoms with van der Waals surface area (Å²) in [7, 11) is 0. The molecule has 9 heteroatoms.